The van der Waals surface area contributed by atoms with Gasteiger partial charge in [0.05, 0.1) is 0 Å². The number of allylic oxidation sites excluding steroid dienone is 1. The van der Waals surface area contributed by atoms with E-state index in [2.05, 4.69) is 10.6 Å². The molecule has 0 aromatic carbocycles. The predicted molar refractivity (Wildman–Crippen MR) is 49.0 cm³/mol. The van der Waals surface area contributed by atoms with E-state index in [0.717, 1.165) is 6.42 Å². The van der Waals surface area contributed by atoms with Crippen LogP contribution in [0, 0.1) is 0 Å². The third kappa shape index (κ3) is 3.27. The Bertz CT molecular complexity index is 236. The average molecular weight is 182 g/mol. The summed E-state index contributed by atoms with van der Waals surface area (Å²) in [5.41, 5.74) is 0. The van der Waals surface area contributed by atoms with Crippen molar-refractivity contribution in [1.29, 1.82) is 0 Å². The Hall–Kier alpha value is -1.32. The molecule has 0 aliphatic carbocycles. The molecular weight excluding hydrogens is 168 g/mol. The summed E-state index contributed by atoms with van der Waals surface area (Å²) in [6, 6.07) is 0.113. The van der Waals surface area contributed by atoms with E-state index in [4.69, 9.17) is 0 Å². The zero-order valence-electron chi connectivity index (χ0n) is 7.67. The molecule has 0 radical (unpaired) electrons. The monoisotopic (exact) mass is 182 g/mol. The summed E-state index contributed by atoms with van der Waals surface area (Å²) in [6.45, 7) is 2.31. The number of carbonyl (C=O) groups excluding carboxylic acids is 2. The Labute approximate surface area is 77.4 Å². The molecule has 4 nitrogen and oxygen atoms in total. The molecule has 0 bridgehead atoms. The van der Waals surface area contributed by atoms with Crippen molar-refractivity contribution >= 4 is 11.8 Å². The molecule has 0 aromatic rings. The molecule has 1 fully saturated rings. The van der Waals surface area contributed by atoms with Crippen LogP contribution in [0.2, 0.25) is 0 Å². The van der Waals surface area contributed by atoms with Gasteiger partial charge in [-0.15, -0.1) is 0 Å². The highest BCUT2D eigenvalue weighted by Gasteiger charge is 2.20. The summed E-state index contributed by atoms with van der Waals surface area (Å²) < 4.78 is 0. The van der Waals surface area contributed by atoms with Gasteiger partial charge in [0.25, 0.3) is 0 Å². The fraction of sp³-hybridized carbons (Fsp3) is 0.556. The zero-order valence-corrected chi connectivity index (χ0v) is 7.67. The summed E-state index contributed by atoms with van der Waals surface area (Å²) in [4.78, 5) is 21.8. The summed E-state index contributed by atoms with van der Waals surface area (Å²) in [5.74, 6) is -0.0334. The Morgan fingerprint density at radius 2 is 2.54 bits per heavy atom. The molecule has 1 saturated heterocycles. The van der Waals surface area contributed by atoms with Crippen molar-refractivity contribution in [2.75, 3.05) is 6.54 Å². The van der Waals surface area contributed by atoms with Gasteiger partial charge < -0.3 is 10.6 Å². The van der Waals surface area contributed by atoms with Gasteiger partial charge in [0, 0.05) is 19.0 Å². The molecular formula is C9H14N2O2. The molecule has 72 valence electrons. The SMILES string of the molecule is C/C=C/C(=O)NCC1CCC(=O)N1. The van der Waals surface area contributed by atoms with E-state index in [1.165, 1.54) is 6.08 Å². The summed E-state index contributed by atoms with van der Waals surface area (Å²) in [6.07, 6.45) is 4.54. The first-order valence-corrected chi connectivity index (χ1v) is 4.42. The summed E-state index contributed by atoms with van der Waals surface area (Å²) in [5, 5.41) is 5.48. The second-order valence-electron chi connectivity index (χ2n) is 3.05. The Morgan fingerprint density at radius 3 is 3.08 bits per heavy atom. The number of amides is 2. The standard InChI is InChI=1S/C9H14N2O2/c1-2-3-8(12)10-6-7-4-5-9(13)11-7/h2-3,7H,4-6H2,1H3,(H,10,12)(H,11,13)/b3-2+. The minimum atomic E-state index is -0.108. The lowest BCUT2D eigenvalue weighted by atomic mass is 10.2. The predicted octanol–water partition coefficient (Wildman–Crippen LogP) is -0.0427. The smallest absolute Gasteiger partial charge is 0.243 e. The molecule has 1 heterocycles. The highest BCUT2D eigenvalue weighted by molar-refractivity contribution is 5.87. The van der Waals surface area contributed by atoms with Crippen LogP contribution in [0.4, 0.5) is 0 Å². The van der Waals surface area contributed by atoms with Crippen LogP contribution in [-0.4, -0.2) is 24.4 Å². The van der Waals surface area contributed by atoms with Gasteiger partial charge in [-0.3, -0.25) is 9.59 Å². The Kier molecular flexibility index (Phi) is 3.49. The molecule has 0 saturated carbocycles. The van der Waals surface area contributed by atoms with Crippen LogP contribution in [0.5, 0.6) is 0 Å². The number of carbonyl (C=O) groups is 2. The van der Waals surface area contributed by atoms with Crippen LogP contribution >= 0.6 is 0 Å². The van der Waals surface area contributed by atoms with Crippen molar-refractivity contribution in [2.45, 2.75) is 25.8 Å². The second kappa shape index (κ2) is 4.64. The quantitative estimate of drug-likeness (QED) is 0.601. The van der Waals surface area contributed by atoms with E-state index in [-0.39, 0.29) is 17.9 Å². The number of rotatable bonds is 3. The average Bonchev–Trinajstić information content (AvgIpc) is 2.49. The lowest BCUT2D eigenvalue weighted by Crippen LogP contribution is -2.37. The lowest BCUT2D eigenvalue weighted by Gasteiger charge is -2.09. The van der Waals surface area contributed by atoms with Crippen molar-refractivity contribution in [3.8, 4) is 0 Å². The second-order valence-corrected chi connectivity index (χ2v) is 3.05. The highest BCUT2D eigenvalue weighted by atomic mass is 16.2. The van der Waals surface area contributed by atoms with Crippen molar-refractivity contribution in [3.63, 3.8) is 0 Å². The number of nitrogens with one attached hydrogen (secondary N) is 2. The van der Waals surface area contributed by atoms with Gasteiger partial charge in [0.15, 0.2) is 0 Å². The van der Waals surface area contributed by atoms with Crippen molar-refractivity contribution in [2.24, 2.45) is 0 Å². The van der Waals surface area contributed by atoms with Crippen LogP contribution in [0.25, 0.3) is 0 Å². The summed E-state index contributed by atoms with van der Waals surface area (Å²) >= 11 is 0. The third-order valence-electron chi connectivity index (χ3n) is 1.93. The van der Waals surface area contributed by atoms with Crippen LogP contribution in [-0.2, 0) is 9.59 Å². The molecule has 0 aromatic heterocycles. The molecule has 0 spiro atoms. The van der Waals surface area contributed by atoms with E-state index < -0.39 is 0 Å². The fourth-order valence-corrected chi connectivity index (χ4v) is 1.26. The van der Waals surface area contributed by atoms with Gasteiger partial charge in [-0.25, -0.2) is 0 Å². The molecule has 1 atom stereocenters. The molecule has 1 aliphatic heterocycles. The topological polar surface area (TPSA) is 58.2 Å². The van der Waals surface area contributed by atoms with Crippen molar-refractivity contribution in [1.82, 2.24) is 10.6 Å². The third-order valence-corrected chi connectivity index (χ3v) is 1.93. The maximum Gasteiger partial charge on any atom is 0.243 e. The van der Waals surface area contributed by atoms with Gasteiger partial charge >= 0.3 is 0 Å². The van der Waals surface area contributed by atoms with E-state index in [9.17, 15) is 9.59 Å². The van der Waals surface area contributed by atoms with Crippen molar-refractivity contribution < 1.29 is 9.59 Å². The van der Waals surface area contributed by atoms with Crippen LogP contribution in [0.3, 0.4) is 0 Å². The number of hydrogen-bond donors (Lipinski definition) is 2. The van der Waals surface area contributed by atoms with Gasteiger partial charge in [-0.2, -0.15) is 0 Å². The molecule has 1 aliphatic rings. The largest absolute Gasteiger partial charge is 0.352 e. The molecule has 13 heavy (non-hydrogen) atoms. The fourth-order valence-electron chi connectivity index (χ4n) is 1.26. The normalized spacial score (nSPS) is 21.9. The van der Waals surface area contributed by atoms with Crippen LogP contribution < -0.4 is 10.6 Å². The van der Waals surface area contributed by atoms with E-state index in [0.29, 0.717) is 13.0 Å². The molecule has 1 rings (SSSR count). The highest BCUT2D eigenvalue weighted by Crippen LogP contribution is 2.04. The number of hydrogen-bond acceptors (Lipinski definition) is 2. The molecule has 4 heteroatoms. The molecule has 2 amide bonds. The Balaban J connectivity index is 2.19. The first-order chi connectivity index (χ1) is 6.22. The van der Waals surface area contributed by atoms with Gasteiger partial charge in [-0.05, 0) is 19.4 Å². The lowest BCUT2D eigenvalue weighted by molar-refractivity contribution is -0.120. The van der Waals surface area contributed by atoms with Gasteiger partial charge in [0.2, 0.25) is 11.8 Å². The summed E-state index contributed by atoms with van der Waals surface area (Å²) in [7, 11) is 0. The van der Waals surface area contributed by atoms with Gasteiger partial charge in [0.1, 0.15) is 0 Å². The van der Waals surface area contributed by atoms with E-state index in [1.807, 2.05) is 0 Å². The van der Waals surface area contributed by atoms with Crippen molar-refractivity contribution in [3.05, 3.63) is 12.2 Å². The maximum absolute atomic E-state index is 11.0. The Morgan fingerprint density at radius 1 is 1.77 bits per heavy atom. The van der Waals surface area contributed by atoms with E-state index in [1.54, 1.807) is 13.0 Å². The molecule has 1 unspecified atom stereocenters. The van der Waals surface area contributed by atoms with E-state index >= 15 is 0 Å². The first-order valence-electron chi connectivity index (χ1n) is 4.42. The maximum atomic E-state index is 11.0. The minimum Gasteiger partial charge on any atom is -0.352 e. The van der Waals surface area contributed by atoms with Crippen LogP contribution in [0.1, 0.15) is 19.8 Å². The van der Waals surface area contributed by atoms with Gasteiger partial charge in [-0.1, -0.05) is 6.08 Å². The molecule has 2 N–H and O–H groups in total. The first kappa shape index (κ1) is 9.77. The zero-order chi connectivity index (χ0) is 9.68. The minimum absolute atomic E-state index is 0.0743. The van der Waals surface area contributed by atoms with Crippen LogP contribution in [0.15, 0.2) is 12.2 Å².